The zero-order chi connectivity index (χ0) is 11.5. The number of ether oxygens (including phenoxy) is 2. The molecule has 0 fully saturated rings. The molecule has 0 radical (unpaired) electrons. The quantitative estimate of drug-likeness (QED) is 0.629. The maximum atomic E-state index is 8.83. The third-order valence-corrected chi connectivity index (χ3v) is 2.01. The Morgan fingerprint density at radius 3 is 2.73 bits per heavy atom. The van der Waals surface area contributed by atoms with E-state index in [0.29, 0.717) is 13.2 Å². The van der Waals surface area contributed by atoms with E-state index in [9.17, 15) is 0 Å². The molecule has 4 heteroatoms. The topological polar surface area (TPSA) is 54.3 Å². The van der Waals surface area contributed by atoms with Gasteiger partial charge in [0, 0.05) is 13.7 Å². The first-order valence-corrected chi connectivity index (χ1v) is 5.48. The Morgan fingerprint density at radius 1 is 1.47 bits per heavy atom. The Bertz CT molecular complexity index is 180. The van der Waals surface area contributed by atoms with Gasteiger partial charge in [-0.25, -0.2) is 0 Å². The molecule has 0 bridgehead atoms. The highest BCUT2D eigenvalue weighted by atomic mass is 16.5. The van der Waals surface area contributed by atoms with Crippen LogP contribution in [0.25, 0.3) is 0 Å². The summed E-state index contributed by atoms with van der Waals surface area (Å²) < 4.78 is 10.4. The molecule has 1 N–H and O–H groups in total. The van der Waals surface area contributed by atoms with Crippen LogP contribution in [-0.2, 0) is 9.47 Å². The summed E-state index contributed by atoms with van der Waals surface area (Å²) in [4.78, 5) is 0. The number of methoxy groups -OCH3 is 1. The molecule has 0 aliphatic carbocycles. The lowest BCUT2D eigenvalue weighted by Gasteiger charge is -2.14. The monoisotopic (exact) mass is 214 g/mol. The first-order valence-electron chi connectivity index (χ1n) is 5.48. The predicted molar refractivity (Wildman–Crippen MR) is 59.6 cm³/mol. The van der Waals surface area contributed by atoms with Gasteiger partial charge < -0.3 is 14.8 Å². The first-order chi connectivity index (χ1) is 7.24. The fourth-order valence-corrected chi connectivity index (χ4v) is 1.20. The minimum atomic E-state index is -0.0975. The molecule has 0 saturated carbocycles. The van der Waals surface area contributed by atoms with Crippen molar-refractivity contribution in [2.45, 2.75) is 38.8 Å². The van der Waals surface area contributed by atoms with Crippen molar-refractivity contribution in [3.05, 3.63) is 0 Å². The van der Waals surface area contributed by atoms with Crippen LogP contribution in [0.3, 0.4) is 0 Å². The van der Waals surface area contributed by atoms with Crippen LogP contribution in [-0.4, -0.2) is 39.0 Å². The molecule has 0 aromatic heterocycles. The van der Waals surface area contributed by atoms with E-state index in [0.717, 1.165) is 19.4 Å². The van der Waals surface area contributed by atoms with Gasteiger partial charge in [-0.2, -0.15) is 5.26 Å². The maximum absolute atomic E-state index is 8.83. The molecule has 0 heterocycles. The molecule has 0 saturated heterocycles. The van der Waals surface area contributed by atoms with E-state index in [1.54, 1.807) is 7.11 Å². The zero-order valence-electron chi connectivity index (χ0n) is 9.95. The van der Waals surface area contributed by atoms with Crippen LogP contribution >= 0.6 is 0 Å². The molecule has 0 aliphatic heterocycles. The number of rotatable bonds is 9. The van der Waals surface area contributed by atoms with E-state index in [4.69, 9.17) is 14.7 Å². The lowest BCUT2D eigenvalue weighted by Crippen LogP contribution is -2.30. The lowest BCUT2D eigenvalue weighted by atomic mass is 10.2. The van der Waals surface area contributed by atoms with Crippen molar-refractivity contribution in [3.8, 4) is 6.07 Å². The average molecular weight is 214 g/mol. The van der Waals surface area contributed by atoms with Crippen molar-refractivity contribution >= 4 is 0 Å². The standard InChI is InChI=1S/C11H22N2O2/c1-4-6-13-11(8-12)5-7-15-10(2)9-14-3/h10-11,13H,4-7,9H2,1-3H3. The molecular formula is C11H22N2O2. The van der Waals surface area contributed by atoms with E-state index in [2.05, 4.69) is 18.3 Å². The smallest absolute Gasteiger partial charge is 0.0975 e. The van der Waals surface area contributed by atoms with Gasteiger partial charge in [-0.3, -0.25) is 0 Å². The van der Waals surface area contributed by atoms with Gasteiger partial charge >= 0.3 is 0 Å². The van der Waals surface area contributed by atoms with Gasteiger partial charge in [0.1, 0.15) is 0 Å². The minimum absolute atomic E-state index is 0.0975. The van der Waals surface area contributed by atoms with Crippen molar-refractivity contribution < 1.29 is 9.47 Å². The van der Waals surface area contributed by atoms with Crippen molar-refractivity contribution in [2.75, 3.05) is 26.9 Å². The summed E-state index contributed by atoms with van der Waals surface area (Å²) in [6, 6.07) is 2.12. The Kier molecular flexibility index (Phi) is 9.49. The van der Waals surface area contributed by atoms with Gasteiger partial charge in [0.15, 0.2) is 0 Å². The number of nitrogens with zero attached hydrogens (tertiary/aromatic N) is 1. The summed E-state index contributed by atoms with van der Waals surface area (Å²) in [6.45, 7) is 6.12. The summed E-state index contributed by atoms with van der Waals surface area (Å²) in [7, 11) is 1.65. The van der Waals surface area contributed by atoms with Gasteiger partial charge in [-0.1, -0.05) is 6.92 Å². The fraction of sp³-hybridized carbons (Fsp3) is 0.909. The summed E-state index contributed by atoms with van der Waals surface area (Å²) >= 11 is 0. The van der Waals surface area contributed by atoms with Gasteiger partial charge in [0.2, 0.25) is 0 Å². The summed E-state index contributed by atoms with van der Waals surface area (Å²) in [6.07, 6.45) is 1.87. The first kappa shape index (κ1) is 14.4. The van der Waals surface area contributed by atoms with Crippen molar-refractivity contribution in [1.29, 1.82) is 5.26 Å². The highest BCUT2D eigenvalue weighted by Gasteiger charge is 2.07. The van der Waals surface area contributed by atoms with E-state index < -0.39 is 0 Å². The third-order valence-electron chi connectivity index (χ3n) is 2.01. The molecular weight excluding hydrogens is 192 g/mol. The number of nitriles is 1. The fourth-order valence-electron chi connectivity index (χ4n) is 1.20. The van der Waals surface area contributed by atoms with Crippen LogP contribution in [0.1, 0.15) is 26.7 Å². The van der Waals surface area contributed by atoms with Gasteiger partial charge in [-0.15, -0.1) is 0 Å². The SMILES string of the molecule is CCCNC(C#N)CCOC(C)COC. The van der Waals surface area contributed by atoms with Crippen molar-refractivity contribution in [3.63, 3.8) is 0 Å². The second-order valence-electron chi connectivity index (χ2n) is 3.56. The molecule has 2 unspecified atom stereocenters. The number of hydrogen-bond donors (Lipinski definition) is 1. The van der Waals surface area contributed by atoms with Gasteiger partial charge in [0.25, 0.3) is 0 Å². The molecule has 0 amide bonds. The molecule has 0 spiro atoms. The maximum Gasteiger partial charge on any atom is 0.0975 e. The highest BCUT2D eigenvalue weighted by molar-refractivity contribution is 4.89. The van der Waals surface area contributed by atoms with Gasteiger partial charge in [0.05, 0.1) is 24.8 Å². The Hall–Kier alpha value is -0.630. The summed E-state index contributed by atoms with van der Waals surface area (Å²) in [5, 5.41) is 12.0. The highest BCUT2D eigenvalue weighted by Crippen LogP contribution is 1.96. The largest absolute Gasteiger partial charge is 0.382 e. The predicted octanol–water partition coefficient (Wildman–Crippen LogP) is 1.32. The second kappa shape index (κ2) is 9.91. The molecule has 88 valence electrons. The van der Waals surface area contributed by atoms with Crippen LogP contribution in [0.2, 0.25) is 0 Å². The molecule has 0 aromatic rings. The Balaban J connectivity index is 3.50. The molecule has 0 aliphatic rings. The van der Waals surface area contributed by atoms with E-state index in [1.807, 2.05) is 6.92 Å². The van der Waals surface area contributed by atoms with E-state index in [1.165, 1.54) is 0 Å². The number of hydrogen-bond acceptors (Lipinski definition) is 4. The van der Waals surface area contributed by atoms with Crippen molar-refractivity contribution in [2.24, 2.45) is 0 Å². The number of nitrogens with one attached hydrogen (secondary N) is 1. The van der Waals surface area contributed by atoms with Crippen LogP contribution in [0.4, 0.5) is 0 Å². The second-order valence-corrected chi connectivity index (χ2v) is 3.56. The van der Waals surface area contributed by atoms with Crippen LogP contribution in [0.15, 0.2) is 0 Å². The average Bonchev–Trinajstić information content (AvgIpc) is 2.23. The Morgan fingerprint density at radius 2 is 2.20 bits per heavy atom. The van der Waals surface area contributed by atoms with E-state index >= 15 is 0 Å². The summed E-state index contributed by atoms with van der Waals surface area (Å²) in [5.41, 5.74) is 0. The third kappa shape index (κ3) is 8.37. The molecule has 15 heavy (non-hydrogen) atoms. The molecule has 2 atom stereocenters. The van der Waals surface area contributed by atoms with Gasteiger partial charge in [-0.05, 0) is 26.3 Å². The van der Waals surface area contributed by atoms with Crippen molar-refractivity contribution in [1.82, 2.24) is 5.32 Å². The normalized spacial score (nSPS) is 14.5. The van der Waals surface area contributed by atoms with Crippen LogP contribution in [0, 0.1) is 11.3 Å². The molecule has 4 nitrogen and oxygen atoms in total. The molecule has 0 rings (SSSR count). The van der Waals surface area contributed by atoms with E-state index in [-0.39, 0.29) is 12.1 Å². The Labute approximate surface area is 92.6 Å². The van der Waals surface area contributed by atoms with Crippen LogP contribution in [0.5, 0.6) is 0 Å². The molecule has 0 aromatic carbocycles. The van der Waals surface area contributed by atoms with Crippen LogP contribution < -0.4 is 5.32 Å². The summed E-state index contributed by atoms with van der Waals surface area (Å²) in [5.74, 6) is 0. The lowest BCUT2D eigenvalue weighted by molar-refractivity contribution is 0.00696. The minimum Gasteiger partial charge on any atom is -0.382 e. The zero-order valence-corrected chi connectivity index (χ0v) is 9.95.